The summed E-state index contributed by atoms with van der Waals surface area (Å²) in [5.41, 5.74) is 0.984. The summed E-state index contributed by atoms with van der Waals surface area (Å²) >= 11 is 0. The SMILES string of the molecule is COC(=O)[C@H](O[Si](C)(C)C(C)(C)C)[C@@H](OCc1ccc(OC)cc1)[C@@H]1CO1. The number of esters is 1. The van der Waals surface area contributed by atoms with Crippen molar-refractivity contribution in [2.45, 2.75) is 63.8 Å². The van der Waals surface area contributed by atoms with Gasteiger partial charge in [0.2, 0.25) is 0 Å². The van der Waals surface area contributed by atoms with E-state index in [4.69, 9.17) is 23.4 Å². The molecule has 1 aromatic rings. The van der Waals surface area contributed by atoms with Crippen molar-refractivity contribution in [1.29, 1.82) is 0 Å². The highest BCUT2D eigenvalue weighted by atomic mass is 28.4. The third-order valence-corrected chi connectivity index (χ3v) is 9.74. The van der Waals surface area contributed by atoms with Crippen LogP contribution in [0.25, 0.3) is 0 Å². The molecule has 6 nitrogen and oxygen atoms in total. The molecule has 2 rings (SSSR count). The lowest BCUT2D eigenvalue weighted by atomic mass is 10.1. The zero-order valence-corrected chi connectivity index (χ0v) is 18.4. The molecule has 1 aliphatic rings. The Labute approximate surface area is 163 Å². The summed E-state index contributed by atoms with van der Waals surface area (Å²) in [7, 11) is 0.802. The summed E-state index contributed by atoms with van der Waals surface area (Å²) in [6.45, 7) is 11.5. The lowest BCUT2D eigenvalue weighted by Gasteiger charge is -2.40. The molecule has 7 heteroatoms. The molecule has 0 bridgehead atoms. The van der Waals surface area contributed by atoms with Gasteiger partial charge < -0.3 is 23.4 Å². The maximum atomic E-state index is 12.5. The first-order valence-corrected chi connectivity index (χ1v) is 12.1. The fraction of sp³-hybridized carbons (Fsp3) is 0.650. The molecule has 0 aliphatic carbocycles. The van der Waals surface area contributed by atoms with Gasteiger partial charge in [0.25, 0.3) is 0 Å². The Bertz CT molecular complexity index is 618. The first-order chi connectivity index (χ1) is 12.6. The monoisotopic (exact) mass is 396 g/mol. The van der Waals surface area contributed by atoms with Crippen LogP contribution in [-0.2, 0) is 30.0 Å². The number of benzene rings is 1. The van der Waals surface area contributed by atoms with Crippen LogP contribution in [0, 0.1) is 0 Å². The summed E-state index contributed by atoms with van der Waals surface area (Å²) in [4.78, 5) is 12.5. The zero-order chi connectivity index (χ0) is 20.2. The van der Waals surface area contributed by atoms with Crippen LogP contribution in [0.5, 0.6) is 5.75 Å². The molecular weight excluding hydrogens is 364 g/mol. The first-order valence-electron chi connectivity index (χ1n) is 9.21. The van der Waals surface area contributed by atoms with E-state index in [0.717, 1.165) is 11.3 Å². The van der Waals surface area contributed by atoms with Crippen LogP contribution in [-0.4, -0.2) is 53.4 Å². The minimum atomic E-state index is -2.20. The average molecular weight is 397 g/mol. The van der Waals surface area contributed by atoms with Gasteiger partial charge in [-0.2, -0.15) is 0 Å². The van der Waals surface area contributed by atoms with E-state index in [1.54, 1.807) is 7.11 Å². The number of epoxide rings is 1. The molecule has 0 radical (unpaired) electrons. The largest absolute Gasteiger partial charge is 0.497 e. The molecule has 1 fully saturated rings. The second-order valence-corrected chi connectivity index (χ2v) is 13.1. The van der Waals surface area contributed by atoms with Crippen LogP contribution in [0.2, 0.25) is 18.1 Å². The van der Waals surface area contributed by atoms with Gasteiger partial charge in [-0.1, -0.05) is 32.9 Å². The smallest absolute Gasteiger partial charge is 0.336 e. The van der Waals surface area contributed by atoms with Crippen molar-refractivity contribution >= 4 is 14.3 Å². The van der Waals surface area contributed by atoms with Crippen molar-refractivity contribution in [2.24, 2.45) is 0 Å². The van der Waals surface area contributed by atoms with Crippen molar-refractivity contribution in [3.63, 3.8) is 0 Å². The molecule has 0 saturated carbocycles. The molecule has 0 spiro atoms. The van der Waals surface area contributed by atoms with Crippen molar-refractivity contribution < 1.29 is 28.2 Å². The Morgan fingerprint density at radius 2 is 1.81 bits per heavy atom. The van der Waals surface area contributed by atoms with E-state index in [0.29, 0.717) is 13.2 Å². The Morgan fingerprint density at radius 1 is 1.22 bits per heavy atom. The Hall–Kier alpha value is -1.41. The average Bonchev–Trinajstić information content (AvgIpc) is 3.44. The van der Waals surface area contributed by atoms with E-state index in [1.165, 1.54) is 7.11 Å². The van der Waals surface area contributed by atoms with Gasteiger partial charge in [0.15, 0.2) is 14.4 Å². The number of rotatable bonds is 9. The van der Waals surface area contributed by atoms with E-state index >= 15 is 0 Å². The molecule has 152 valence electrons. The lowest BCUT2D eigenvalue weighted by Crippen LogP contribution is -2.52. The van der Waals surface area contributed by atoms with Gasteiger partial charge in [0.1, 0.15) is 18.0 Å². The van der Waals surface area contributed by atoms with Crippen molar-refractivity contribution in [3.8, 4) is 5.75 Å². The topological polar surface area (TPSA) is 66.5 Å². The van der Waals surface area contributed by atoms with Crippen LogP contribution < -0.4 is 4.74 Å². The number of methoxy groups -OCH3 is 2. The van der Waals surface area contributed by atoms with Gasteiger partial charge in [-0.25, -0.2) is 4.79 Å². The summed E-state index contributed by atoms with van der Waals surface area (Å²) in [5.74, 6) is 0.365. The quantitative estimate of drug-likeness (QED) is 0.361. The van der Waals surface area contributed by atoms with E-state index in [1.807, 2.05) is 24.3 Å². The third-order valence-electron chi connectivity index (χ3n) is 5.29. The lowest BCUT2D eigenvalue weighted by molar-refractivity contribution is -0.159. The fourth-order valence-corrected chi connectivity index (χ4v) is 3.63. The number of hydrogen-bond acceptors (Lipinski definition) is 6. The molecule has 0 N–H and O–H groups in total. The second kappa shape index (κ2) is 8.73. The first kappa shape index (κ1) is 21.9. The van der Waals surface area contributed by atoms with Crippen molar-refractivity contribution in [2.75, 3.05) is 20.8 Å². The van der Waals surface area contributed by atoms with Gasteiger partial charge in [-0.15, -0.1) is 0 Å². The summed E-state index contributed by atoms with van der Waals surface area (Å²) in [6.07, 6.45) is -1.47. The van der Waals surface area contributed by atoms with Crippen molar-refractivity contribution in [3.05, 3.63) is 29.8 Å². The van der Waals surface area contributed by atoms with Crippen molar-refractivity contribution in [1.82, 2.24) is 0 Å². The number of hydrogen-bond donors (Lipinski definition) is 0. The molecule has 1 aliphatic heterocycles. The van der Waals surface area contributed by atoms with Gasteiger partial charge in [0.05, 0.1) is 27.4 Å². The predicted octanol–water partition coefficient (Wildman–Crippen LogP) is 3.54. The highest BCUT2D eigenvalue weighted by molar-refractivity contribution is 6.74. The van der Waals surface area contributed by atoms with Gasteiger partial charge >= 0.3 is 5.97 Å². The maximum Gasteiger partial charge on any atom is 0.336 e. The molecule has 1 heterocycles. The zero-order valence-electron chi connectivity index (χ0n) is 17.4. The normalized spacial score (nSPS) is 19.3. The Balaban J connectivity index is 2.14. The minimum absolute atomic E-state index is 0.0375. The highest BCUT2D eigenvalue weighted by Crippen LogP contribution is 2.39. The molecule has 1 saturated heterocycles. The van der Waals surface area contributed by atoms with Crippen LogP contribution in [0.4, 0.5) is 0 Å². The molecule has 27 heavy (non-hydrogen) atoms. The summed E-state index contributed by atoms with van der Waals surface area (Å²) < 4.78 is 28.1. The third kappa shape index (κ3) is 5.78. The van der Waals surface area contributed by atoms with Crippen LogP contribution in [0.1, 0.15) is 26.3 Å². The maximum absolute atomic E-state index is 12.5. The van der Waals surface area contributed by atoms with Crippen LogP contribution in [0.15, 0.2) is 24.3 Å². The van der Waals surface area contributed by atoms with E-state index < -0.39 is 26.5 Å². The van der Waals surface area contributed by atoms with Gasteiger partial charge in [0, 0.05) is 0 Å². The van der Waals surface area contributed by atoms with E-state index in [2.05, 4.69) is 33.9 Å². The fourth-order valence-electron chi connectivity index (χ4n) is 2.41. The molecule has 3 atom stereocenters. The standard InChI is InChI=1S/C20H32O6Si/c1-20(2,3)27(6,7)26-18(19(21)23-5)17(16-13-24-16)25-12-14-8-10-15(22-4)11-9-14/h8-11,16-18H,12-13H2,1-7H3/t16-,17-,18+/m0/s1. The van der Waals surface area contributed by atoms with E-state index in [-0.39, 0.29) is 11.1 Å². The number of ether oxygens (including phenoxy) is 4. The summed E-state index contributed by atoms with van der Waals surface area (Å²) in [6, 6.07) is 7.63. The number of carbonyl (C=O) groups excluding carboxylic acids is 1. The molecule has 1 aromatic carbocycles. The Morgan fingerprint density at radius 3 is 2.26 bits per heavy atom. The van der Waals surface area contributed by atoms with Crippen LogP contribution >= 0.6 is 0 Å². The highest BCUT2D eigenvalue weighted by Gasteiger charge is 2.48. The van der Waals surface area contributed by atoms with Gasteiger partial charge in [-0.3, -0.25) is 0 Å². The number of carbonyl (C=O) groups is 1. The predicted molar refractivity (Wildman–Crippen MR) is 105 cm³/mol. The second-order valence-electron chi connectivity index (χ2n) is 8.32. The molecule has 0 unspecified atom stereocenters. The molecule has 0 aromatic heterocycles. The molecule has 0 amide bonds. The Kier molecular flexibility index (Phi) is 7.07. The van der Waals surface area contributed by atoms with Gasteiger partial charge in [-0.05, 0) is 35.8 Å². The van der Waals surface area contributed by atoms with Crippen LogP contribution in [0.3, 0.4) is 0 Å². The van der Waals surface area contributed by atoms with E-state index in [9.17, 15) is 4.79 Å². The molecular formula is C20H32O6Si. The minimum Gasteiger partial charge on any atom is -0.497 e. The summed E-state index contributed by atoms with van der Waals surface area (Å²) in [5, 5.41) is -0.0375.